The molecule has 0 atom stereocenters. The molecule has 0 bridgehead atoms. The minimum absolute atomic E-state index is 0. The lowest BCUT2D eigenvalue weighted by Gasteiger charge is -2.17. The van der Waals surface area contributed by atoms with E-state index in [9.17, 15) is 49.1 Å². The molecule has 16 nitrogen and oxygen atoms in total. The van der Waals surface area contributed by atoms with Crippen molar-refractivity contribution in [2.45, 2.75) is 61.9 Å². The number of carbonyl (C=O) groups is 2. The van der Waals surface area contributed by atoms with Gasteiger partial charge in [0, 0.05) is 11.1 Å². The Hall–Kier alpha value is -3.30. The summed E-state index contributed by atoms with van der Waals surface area (Å²) < 4.78 is 130. The number of alkyl halides is 3. The lowest BCUT2D eigenvalue weighted by Crippen LogP contribution is -2.26. The highest BCUT2D eigenvalue weighted by molar-refractivity contribution is 7.87. The summed E-state index contributed by atoms with van der Waals surface area (Å²) in [6.07, 6.45) is -3.57. The first-order chi connectivity index (χ1) is 24.6. The Labute approximate surface area is 317 Å². The highest BCUT2D eigenvalue weighted by atomic mass is 32.2. The van der Waals surface area contributed by atoms with E-state index in [1.54, 1.807) is 50.2 Å². The molecule has 320 valence electrons. The first kappa shape index (κ1) is 58.4. The second-order valence-corrected chi connectivity index (χ2v) is 14.7. The summed E-state index contributed by atoms with van der Waals surface area (Å²) in [6, 6.07) is 12.8. The van der Waals surface area contributed by atoms with Gasteiger partial charge in [0.25, 0.3) is 0 Å². The Morgan fingerprint density at radius 3 is 1.38 bits per heavy atom. The third kappa shape index (κ3) is 27.0. The molecule has 0 aliphatic rings. The first-order valence-electron chi connectivity index (χ1n) is 14.8. The van der Waals surface area contributed by atoms with E-state index >= 15 is 0 Å². The van der Waals surface area contributed by atoms with Gasteiger partial charge >= 0.3 is 36.9 Å². The van der Waals surface area contributed by atoms with E-state index in [-0.39, 0.29) is 58.0 Å². The van der Waals surface area contributed by atoms with Gasteiger partial charge in [0.05, 0.1) is 26.4 Å². The highest BCUT2D eigenvalue weighted by Crippen LogP contribution is 2.49. The monoisotopic (exact) mass is 866 g/mol. The van der Waals surface area contributed by atoms with E-state index < -0.39 is 43.2 Å². The minimum Gasteiger partial charge on any atom is -0.508 e. The van der Waals surface area contributed by atoms with E-state index in [1.807, 2.05) is 0 Å². The van der Waals surface area contributed by atoms with Crippen molar-refractivity contribution >= 4 is 36.9 Å². The average Bonchev–Trinajstić information content (AvgIpc) is 3.07. The summed E-state index contributed by atoms with van der Waals surface area (Å²) in [7, 11) is -13.0. The smallest absolute Gasteiger partial charge is 0.508 e. The van der Waals surface area contributed by atoms with Gasteiger partial charge in [0.2, 0.25) is 0 Å². The van der Waals surface area contributed by atoms with Crippen LogP contribution in [0.3, 0.4) is 0 Å². The van der Waals surface area contributed by atoms with Crippen molar-refractivity contribution in [3.8, 4) is 11.5 Å². The predicted molar refractivity (Wildman–Crippen MR) is 191 cm³/mol. The third-order valence-corrected chi connectivity index (χ3v) is 9.72. The molecule has 0 fully saturated rings. The number of ketones is 2. The van der Waals surface area contributed by atoms with Crippen molar-refractivity contribution < 1.29 is 96.4 Å². The largest absolute Gasteiger partial charge is 0.523 e. The van der Waals surface area contributed by atoms with Crippen LogP contribution in [0.15, 0.2) is 60.9 Å². The van der Waals surface area contributed by atoms with Crippen LogP contribution in [0.1, 0.15) is 77.1 Å². The second-order valence-electron chi connectivity index (χ2n) is 9.08. The molecule has 0 aliphatic heterocycles. The van der Waals surface area contributed by atoms with Gasteiger partial charge < -0.3 is 32.8 Å². The van der Waals surface area contributed by atoms with Gasteiger partial charge in [-0.15, -0.1) is 0 Å². The maximum Gasteiger partial charge on any atom is 0.523 e. The van der Waals surface area contributed by atoms with Crippen LogP contribution in [0.2, 0.25) is 0 Å². The number of carbonyl (C=O) groups excluding carboxylic acids is 2. The van der Waals surface area contributed by atoms with E-state index in [0.717, 1.165) is 0 Å². The second kappa shape index (κ2) is 29.9. The molecule has 0 saturated heterocycles. The minimum atomic E-state index is -5.80. The number of benzene rings is 2. The Bertz CT molecular complexity index is 1570. The van der Waals surface area contributed by atoms with Gasteiger partial charge in [0.15, 0.2) is 30.5 Å². The van der Waals surface area contributed by atoms with Crippen molar-refractivity contribution in [1.82, 2.24) is 0 Å². The zero-order valence-electron chi connectivity index (χ0n) is 29.2. The Morgan fingerprint density at radius 2 is 1.09 bits per heavy atom. The van der Waals surface area contributed by atoms with Crippen LogP contribution in [0, 0.1) is 0 Å². The number of ether oxygens (including phenoxy) is 1. The number of Topliss-reactive ketones (excluding diaryl/α,β-unsaturated/α-hetero) is 2. The van der Waals surface area contributed by atoms with Gasteiger partial charge in [-0.05, 0) is 95.1 Å². The number of halogens is 5. The fourth-order valence-corrected chi connectivity index (χ4v) is 6.44. The maximum absolute atomic E-state index is 12.1. The highest BCUT2D eigenvalue weighted by Gasteiger charge is 2.48. The zero-order valence-corrected chi connectivity index (χ0v) is 31.8. The van der Waals surface area contributed by atoms with Crippen molar-refractivity contribution in [3.63, 3.8) is 0 Å². The fraction of sp³-hybridized carbons (Fsp3) is 0.484. The number of phenols is 1. The maximum atomic E-state index is 12.1. The number of aromatic hydroxyl groups is 1. The number of hydrogen-bond acceptors (Lipinski definition) is 16. The van der Waals surface area contributed by atoms with Gasteiger partial charge in [-0.25, -0.2) is 5.26 Å². The Morgan fingerprint density at radius 1 is 0.727 bits per heavy atom. The Balaban J connectivity index is -0.000000330. The molecule has 55 heavy (non-hydrogen) atoms. The standard InChI is InChI=1S/C13H19O5P.C8H8O2.C6H12F3O6PS.C2H2F2O3.2CH4/c1-4-17-19(15,18-5-2)10-16-13-8-6-12(7-9-13)11(3)14;1-6(9)7-2-4-8(10)5-3-7;1-3-13-16(10,14-4-2)5-15-17(11,12)6(7,8)9;3-2(4)1-6-7-5;;/h6-9H,4-5,10H2,1-3H3;2-5,10H,1H3;3-5H2,1-2H3;1,5H;2*1H4. The molecule has 0 radical (unpaired) electrons. The average molecular weight is 867 g/mol. The summed E-state index contributed by atoms with van der Waals surface area (Å²) in [4.78, 5) is 25.0. The molecule has 2 aromatic carbocycles. The van der Waals surface area contributed by atoms with Crippen molar-refractivity contribution in [2.75, 3.05) is 39.1 Å². The summed E-state index contributed by atoms with van der Waals surface area (Å²) in [5.74, 6) is 0.704. The Kier molecular flexibility index (Phi) is 31.8. The molecule has 2 aromatic rings. The molecular weight excluding hydrogens is 817 g/mol. The van der Waals surface area contributed by atoms with Crippen molar-refractivity contribution in [1.29, 1.82) is 0 Å². The molecule has 0 spiro atoms. The summed E-state index contributed by atoms with van der Waals surface area (Å²) in [5.41, 5.74) is -4.35. The molecule has 24 heteroatoms. The summed E-state index contributed by atoms with van der Waals surface area (Å²) >= 11 is 0. The predicted octanol–water partition coefficient (Wildman–Crippen LogP) is 9.58. The zero-order chi connectivity index (χ0) is 41.3. The van der Waals surface area contributed by atoms with Crippen LogP contribution >= 0.6 is 15.2 Å². The van der Waals surface area contributed by atoms with E-state index in [4.69, 9.17) is 24.1 Å². The van der Waals surface area contributed by atoms with Crippen LogP contribution in [-0.2, 0) is 51.5 Å². The van der Waals surface area contributed by atoms with Crippen LogP contribution < -0.4 is 4.74 Å². The lowest BCUT2D eigenvalue weighted by molar-refractivity contribution is -0.466. The van der Waals surface area contributed by atoms with E-state index in [0.29, 0.717) is 30.1 Å². The van der Waals surface area contributed by atoms with Gasteiger partial charge in [-0.2, -0.15) is 30.4 Å². The number of phenolic OH excluding ortho intramolecular Hbond substituents is 1. The molecule has 0 aliphatic carbocycles. The summed E-state index contributed by atoms with van der Waals surface area (Å²) in [6.45, 7) is 9.67. The van der Waals surface area contributed by atoms with Crippen molar-refractivity contribution in [2.24, 2.45) is 0 Å². The number of rotatable bonds is 18. The molecule has 0 aromatic heterocycles. The van der Waals surface area contributed by atoms with Gasteiger partial charge in [0.1, 0.15) is 11.5 Å². The van der Waals surface area contributed by atoms with Crippen LogP contribution in [0.5, 0.6) is 11.5 Å². The van der Waals surface area contributed by atoms with Crippen molar-refractivity contribution in [3.05, 3.63) is 72.0 Å². The third-order valence-electron chi connectivity index (χ3n) is 5.06. The molecule has 0 heterocycles. The first-order valence-corrected chi connectivity index (χ1v) is 19.7. The number of hydrogen-bond donors (Lipinski definition) is 2. The van der Waals surface area contributed by atoms with Crippen LogP contribution in [0.25, 0.3) is 0 Å². The van der Waals surface area contributed by atoms with Gasteiger partial charge in [-0.3, -0.25) is 22.9 Å². The molecule has 2 N–H and O–H groups in total. The molecule has 0 unspecified atom stereocenters. The molecular formula is C31H49F5O16P2S. The topological polar surface area (TPSA) is 217 Å². The van der Waals surface area contributed by atoms with E-state index in [2.05, 4.69) is 23.2 Å². The van der Waals surface area contributed by atoms with Crippen LogP contribution in [0.4, 0.5) is 22.0 Å². The summed E-state index contributed by atoms with van der Waals surface area (Å²) in [5, 5.41) is 18.8. The fourth-order valence-electron chi connectivity index (χ4n) is 2.90. The molecule has 0 saturated carbocycles. The SMILES string of the molecule is C.C.CC(=O)c1ccc(O)cc1.CCOP(=O)(COS(=O)(=O)C(F)(F)F)OCC.CCOP(=O)(COc1ccc(C(C)=O)cc1)OCC.OOOC=C(F)F. The van der Waals surface area contributed by atoms with Gasteiger partial charge in [-0.1, -0.05) is 14.9 Å². The van der Waals surface area contributed by atoms with E-state index in [1.165, 1.54) is 39.8 Å². The van der Waals surface area contributed by atoms with Crippen LogP contribution in [-0.4, -0.2) is 75.0 Å². The normalized spacial score (nSPS) is 10.9. The quantitative estimate of drug-likeness (QED) is 0.0208. The molecule has 0 amide bonds. The molecule has 2 rings (SSSR count). The lowest BCUT2D eigenvalue weighted by atomic mass is 10.1.